The zero-order chi connectivity index (χ0) is 27.9. The van der Waals surface area contributed by atoms with Gasteiger partial charge in [0.1, 0.15) is 5.69 Å². The van der Waals surface area contributed by atoms with Crippen LogP contribution in [0.5, 0.6) is 0 Å². The van der Waals surface area contributed by atoms with Crippen LogP contribution in [0.4, 0.5) is 13.2 Å². The molecule has 0 radical (unpaired) electrons. The van der Waals surface area contributed by atoms with E-state index in [9.17, 15) is 33.1 Å². The summed E-state index contributed by atoms with van der Waals surface area (Å²) in [5, 5.41) is 23.2. The van der Waals surface area contributed by atoms with E-state index in [0.717, 1.165) is 16.8 Å². The van der Waals surface area contributed by atoms with Crippen LogP contribution in [0, 0.1) is 11.3 Å². The number of nitrogens with zero attached hydrogens (tertiary/aromatic N) is 3. The van der Waals surface area contributed by atoms with Gasteiger partial charge in [0.2, 0.25) is 0 Å². The standard InChI is InChI=1S/C29H15ClF3N3O3/c30-23-7-3-6-22(29(31,32)33)25(23)27(37)36-24-14-18(20-5-2-1-4-19(20)15-34)12-13-21(24)26(35-36)16-8-10-17(11-9-16)28(38)39/h1-14H,(H,38,39). The van der Waals surface area contributed by atoms with Crippen LogP contribution in [-0.4, -0.2) is 26.8 Å². The number of fused-ring (bicyclic) bond motifs is 1. The topological polar surface area (TPSA) is 96.0 Å². The number of nitriles is 1. The number of halogens is 4. The van der Waals surface area contributed by atoms with Gasteiger partial charge in [0.05, 0.1) is 38.9 Å². The van der Waals surface area contributed by atoms with Crippen LogP contribution in [0.15, 0.2) is 84.9 Å². The molecule has 39 heavy (non-hydrogen) atoms. The predicted octanol–water partition coefficient (Wildman–Crippen LogP) is 7.30. The first-order valence-electron chi connectivity index (χ1n) is 11.4. The van der Waals surface area contributed by atoms with Gasteiger partial charge in [0, 0.05) is 10.9 Å². The lowest BCUT2D eigenvalue weighted by Gasteiger charge is -2.14. The summed E-state index contributed by atoms with van der Waals surface area (Å²) >= 11 is 6.12. The van der Waals surface area contributed by atoms with Crippen LogP contribution >= 0.6 is 11.6 Å². The zero-order valence-corrected chi connectivity index (χ0v) is 20.5. The summed E-state index contributed by atoms with van der Waals surface area (Å²) in [6.45, 7) is 0. The summed E-state index contributed by atoms with van der Waals surface area (Å²) in [7, 11) is 0. The Bertz CT molecular complexity index is 1820. The van der Waals surface area contributed by atoms with Crippen molar-refractivity contribution in [2.75, 3.05) is 0 Å². The molecule has 0 fully saturated rings. The molecule has 0 aliphatic heterocycles. The quantitative estimate of drug-likeness (QED) is 0.255. The van der Waals surface area contributed by atoms with Crippen molar-refractivity contribution in [1.82, 2.24) is 9.78 Å². The lowest BCUT2D eigenvalue weighted by Crippen LogP contribution is -2.20. The number of alkyl halides is 3. The maximum atomic E-state index is 13.8. The fourth-order valence-electron chi connectivity index (χ4n) is 4.34. The average Bonchev–Trinajstić information content (AvgIpc) is 3.31. The van der Waals surface area contributed by atoms with Gasteiger partial charge in [-0.1, -0.05) is 54.1 Å². The number of rotatable bonds is 4. The lowest BCUT2D eigenvalue weighted by molar-refractivity contribution is -0.137. The van der Waals surface area contributed by atoms with Gasteiger partial charge >= 0.3 is 12.1 Å². The van der Waals surface area contributed by atoms with Crippen LogP contribution < -0.4 is 0 Å². The molecule has 0 amide bonds. The number of benzene rings is 4. The van der Waals surface area contributed by atoms with Crippen molar-refractivity contribution in [2.24, 2.45) is 0 Å². The second-order valence-electron chi connectivity index (χ2n) is 8.50. The van der Waals surface area contributed by atoms with Gasteiger partial charge in [-0.05, 0) is 53.6 Å². The average molecular weight is 546 g/mol. The third-order valence-electron chi connectivity index (χ3n) is 6.17. The van der Waals surface area contributed by atoms with E-state index in [1.54, 1.807) is 42.5 Å². The Hall–Kier alpha value is -4.94. The number of carbonyl (C=O) groups is 2. The number of aromatic carboxylic acids is 1. The van der Waals surface area contributed by atoms with Crippen LogP contribution in [-0.2, 0) is 6.18 Å². The van der Waals surface area contributed by atoms with E-state index in [1.165, 1.54) is 30.3 Å². The van der Waals surface area contributed by atoms with Gasteiger partial charge < -0.3 is 5.11 Å². The third kappa shape index (κ3) is 4.62. The maximum absolute atomic E-state index is 13.8. The Labute approximate surface area is 224 Å². The van der Waals surface area contributed by atoms with Gasteiger partial charge in [-0.15, -0.1) is 0 Å². The van der Waals surface area contributed by atoms with Crippen molar-refractivity contribution < 1.29 is 27.9 Å². The van der Waals surface area contributed by atoms with E-state index in [4.69, 9.17) is 11.6 Å². The molecule has 0 aliphatic carbocycles. The minimum atomic E-state index is -4.86. The SMILES string of the molecule is N#Cc1ccccc1-c1ccc2c(-c3ccc(C(=O)O)cc3)nn(C(=O)c3c(Cl)cccc3C(F)(F)F)c2c1. The highest BCUT2D eigenvalue weighted by atomic mass is 35.5. The molecule has 0 atom stereocenters. The molecule has 5 aromatic rings. The number of aromatic nitrogens is 2. The fraction of sp³-hybridized carbons (Fsp3) is 0.0345. The minimum Gasteiger partial charge on any atom is -0.478 e. The Kier molecular flexibility index (Phi) is 6.42. The summed E-state index contributed by atoms with van der Waals surface area (Å²) in [5.74, 6) is -2.23. The van der Waals surface area contributed by atoms with Gasteiger partial charge in [-0.3, -0.25) is 4.79 Å². The molecule has 10 heteroatoms. The zero-order valence-electron chi connectivity index (χ0n) is 19.7. The molecule has 0 bridgehead atoms. The van der Waals surface area contributed by atoms with Gasteiger partial charge in [-0.25, -0.2) is 4.79 Å². The van der Waals surface area contributed by atoms with Crippen molar-refractivity contribution in [3.63, 3.8) is 0 Å². The van der Waals surface area contributed by atoms with Crippen molar-refractivity contribution in [1.29, 1.82) is 5.26 Å². The molecule has 1 heterocycles. The first-order valence-corrected chi connectivity index (χ1v) is 11.7. The molecule has 1 aromatic heterocycles. The molecule has 1 N–H and O–H groups in total. The largest absolute Gasteiger partial charge is 0.478 e. The second kappa shape index (κ2) is 9.74. The van der Waals surface area contributed by atoms with Gasteiger partial charge in [0.25, 0.3) is 5.91 Å². The third-order valence-corrected chi connectivity index (χ3v) is 6.49. The van der Waals surface area contributed by atoms with E-state index in [1.807, 2.05) is 0 Å². The number of carboxylic acid groups (broad SMARTS) is 1. The summed E-state index contributed by atoms with van der Waals surface area (Å²) in [5.41, 5.74) is 0.390. The molecule has 0 spiro atoms. The molecule has 6 nitrogen and oxygen atoms in total. The summed E-state index contributed by atoms with van der Waals surface area (Å²) in [6.07, 6.45) is -4.86. The number of hydrogen-bond donors (Lipinski definition) is 1. The first kappa shape index (κ1) is 25.7. The fourth-order valence-corrected chi connectivity index (χ4v) is 4.59. The smallest absolute Gasteiger partial charge is 0.417 e. The molecular formula is C29H15ClF3N3O3. The normalized spacial score (nSPS) is 11.4. The molecule has 192 valence electrons. The van der Waals surface area contributed by atoms with Crippen molar-refractivity contribution >= 4 is 34.4 Å². The highest BCUT2D eigenvalue weighted by Gasteiger charge is 2.37. The highest BCUT2D eigenvalue weighted by Crippen LogP contribution is 2.37. The summed E-state index contributed by atoms with van der Waals surface area (Å²) < 4.78 is 42.4. The summed E-state index contributed by atoms with van der Waals surface area (Å²) in [6, 6.07) is 22.6. The lowest BCUT2D eigenvalue weighted by atomic mass is 9.98. The first-order chi connectivity index (χ1) is 18.6. The Morgan fingerprint density at radius 1 is 0.923 bits per heavy atom. The number of carboxylic acids is 1. The molecule has 4 aromatic carbocycles. The molecule has 0 unspecified atom stereocenters. The van der Waals surface area contributed by atoms with E-state index >= 15 is 0 Å². The molecule has 0 aliphatic rings. The molecule has 0 saturated carbocycles. The number of hydrogen-bond acceptors (Lipinski definition) is 4. The second-order valence-corrected chi connectivity index (χ2v) is 8.90. The number of carbonyl (C=O) groups excluding carboxylic acids is 1. The van der Waals surface area contributed by atoms with Crippen LogP contribution in [0.2, 0.25) is 5.02 Å². The van der Waals surface area contributed by atoms with Gasteiger partial charge in [0.15, 0.2) is 0 Å². The molecule has 5 rings (SSSR count). The van der Waals surface area contributed by atoms with Crippen LogP contribution in [0.3, 0.4) is 0 Å². The maximum Gasteiger partial charge on any atom is 0.417 e. The van der Waals surface area contributed by atoms with E-state index in [-0.39, 0.29) is 16.8 Å². The van der Waals surface area contributed by atoms with E-state index in [0.29, 0.717) is 27.6 Å². The van der Waals surface area contributed by atoms with Gasteiger partial charge in [-0.2, -0.15) is 28.2 Å². The monoisotopic (exact) mass is 545 g/mol. The Balaban J connectivity index is 1.78. The van der Waals surface area contributed by atoms with Crippen LogP contribution in [0.25, 0.3) is 33.3 Å². The highest BCUT2D eigenvalue weighted by molar-refractivity contribution is 6.34. The predicted molar refractivity (Wildman–Crippen MR) is 138 cm³/mol. The van der Waals surface area contributed by atoms with E-state index < -0.39 is 34.2 Å². The van der Waals surface area contributed by atoms with Crippen LogP contribution in [0.1, 0.15) is 31.8 Å². The summed E-state index contributed by atoms with van der Waals surface area (Å²) in [4.78, 5) is 25.0. The Morgan fingerprint density at radius 3 is 2.28 bits per heavy atom. The van der Waals surface area contributed by atoms with Crippen molar-refractivity contribution in [2.45, 2.75) is 6.18 Å². The molecular weight excluding hydrogens is 531 g/mol. The van der Waals surface area contributed by atoms with Crippen molar-refractivity contribution in [3.05, 3.63) is 112 Å². The Morgan fingerprint density at radius 2 is 1.62 bits per heavy atom. The van der Waals surface area contributed by atoms with Crippen molar-refractivity contribution in [3.8, 4) is 28.5 Å². The van der Waals surface area contributed by atoms with E-state index in [2.05, 4.69) is 11.2 Å². The minimum absolute atomic E-state index is 0.0276. The molecule has 0 saturated heterocycles.